The van der Waals surface area contributed by atoms with Gasteiger partial charge in [0.2, 0.25) is 11.8 Å². The van der Waals surface area contributed by atoms with E-state index in [9.17, 15) is 9.59 Å². The summed E-state index contributed by atoms with van der Waals surface area (Å²) in [5, 5.41) is 11.0. The lowest BCUT2D eigenvalue weighted by molar-refractivity contribution is -0.132. The lowest BCUT2D eigenvalue weighted by Gasteiger charge is -2.34. The second-order valence-corrected chi connectivity index (χ2v) is 7.89. The van der Waals surface area contributed by atoms with E-state index >= 15 is 0 Å². The maximum atomic E-state index is 12.7. The number of hydrogen-bond donors (Lipinski definition) is 2. The first-order valence-electron chi connectivity index (χ1n) is 10.4. The Morgan fingerprint density at radius 3 is 2.74 bits per heavy atom. The van der Waals surface area contributed by atoms with Crippen molar-refractivity contribution in [2.45, 2.75) is 83.5 Å². The molecule has 3 heterocycles. The van der Waals surface area contributed by atoms with Gasteiger partial charge in [0.25, 0.3) is 0 Å². The fraction of sp³-hybridized carbons (Fsp3) is 0.750. The van der Waals surface area contributed by atoms with Gasteiger partial charge in [-0.05, 0) is 33.1 Å². The number of hydrogen-bond acceptors (Lipinski definition) is 4. The lowest BCUT2D eigenvalue weighted by atomic mass is 9.93. The molecule has 0 radical (unpaired) electrons. The maximum Gasteiger partial charge on any atom is 0.224 e. The monoisotopic (exact) mass is 375 g/mol. The first-order chi connectivity index (χ1) is 13.1. The molecule has 0 saturated carbocycles. The zero-order chi connectivity index (χ0) is 19.2. The van der Waals surface area contributed by atoms with E-state index in [-0.39, 0.29) is 29.9 Å². The third-order valence-electron chi connectivity index (χ3n) is 5.68. The number of carbonyl (C=O) groups is 2. The number of amides is 2. The number of aryl methyl sites for hydroxylation is 1. The zero-order valence-corrected chi connectivity index (χ0v) is 16.6. The molecule has 1 unspecified atom stereocenters. The van der Waals surface area contributed by atoms with Crippen molar-refractivity contribution in [3.05, 3.63) is 18.0 Å². The van der Waals surface area contributed by atoms with Crippen molar-refractivity contribution in [1.82, 2.24) is 25.3 Å². The molecule has 3 rings (SSSR count). The van der Waals surface area contributed by atoms with Gasteiger partial charge in [0.1, 0.15) is 0 Å². The minimum absolute atomic E-state index is 0.0736. The molecule has 0 bridgehead atoms. The summed E-state index contributed by atoms with van der Waals surface area (Å²) >= 11 is 0. The number of carbonyl (C=O) groups excluding carboxylic acids is 2. The van der Waals surface area contributed by atoms with E-state index in [1.807, 2.05) is 28.9 Å². The topological polar surface area (TPSA) is 79.3 Å². The summed E-state index contributed by atoms with van der Waals surface area (Å²) in [5.41, 5.74) is 1.02. The molecule has 7 nitrogen and oxygen atoms in total. The first kappa shape index (κ1) is 19.9. The van der Waals surface area contributed by atoms with Crippen LogP contribution in [0.2, 0.25) is 0 Å². The summed E-state index contributed by atoms with van der Waals surface area (Å²) in [4.78, 5) is 26.6. The fourth-order valence-electron chi connectivity index (χ4n) is 4.14. The highest BCUT2D eigenvalue weighted by molar-refractivity contribution is 5.78. The lowest BCUT2D eigenvalue weighted by Crippen LogP contribution is -2.51. The van der Waals surface area contributed by atoms with Crippen LogP contribution in [0.5, 0.6) is 0 Å². The van der Waals surface area contributed by atoms with E-state index in [4.69, 9.17) is 0 Å². The van der Waals surface area contributed by atoms with Crippen molar-refractivity contribution in [3.63, 3.8) is 0 Å². The van der Waals surface area contributed by atoms with Crippen LogP contribution in [0.1, 0.15) is 70.4 Å². The molecule has 0 spiro atoms. The summed E-state index contributed by atoms with van der Waals surface area (Å²) in [6.07, 6.45) is 10.3. The fourth-order valence-corrected chi connectivity index (χ4v) is 4.14. The zero-order valence-electron chi connectivity index (χ0n) is 16.6. The van der Waals surface area contributed by atoms with E-state index in [0.29, 0.717) is 12.8 Å². The highest BCUT2D eigenvalue weighted by Crippen LogP contribution is 2.25. The first-order valence-corrected chi connectivity index (χ1v) is 10.4. The summed E-state index contributed by atoms with van der Waals surface area (Å²) in [6.45, 7) is 6.70. The van der Waals surface area contributed by atoms with Crippen LogP contribution in [-0.4, -0.2) is 51.7 Å². The van der Waals surface area contributed by atoms with Crippen molar-refractivity contribution in [2.24, 2.45) is 0 Å². The molecule has 2 N–H and O–H groups in total. The van der Waals surface area contributed by atoms with Crippen molar-refractivity contribution < 1.29 is 9.59 Å². The molecule has 2 amide bonds. The Hall–Kier alpha value is -1.89. The third-order valence-corrected chi connectivity index (χ3v) is 5.68. The van der Waals surface area contributed by atoms with Gasteiger partial charge in [-0.1, -0.05) is 12.8 Å². The second-order valence-electron chi connectivity index (χ2n) is 7.89. The van der Waals surface area contributed by atoms with E-state index in [1.165, 1.54) is 12.8 Å². The van der Waals surface area contributed by atoms with Crippen LogP contribution in [0.25, 0.3) is 0 Å². The number of nitrogens with zero attached hydrogens (tertiary/aromatic N) is 3. The molecule has 2 saturated heterocycles. The van der Waals surface area contributed by atoms with Gasteiger partial charge in [-0.2, -0.15) is 5.10 Å². The smallest absolute Gasteiger partial charge is 0.224 e. The number of rotatable bonds is 6. The van der Waals surface area contributed by atoms with Crippen molar-refractivity contribution in [1.29, 1.82) is 0 Å². The van der Waals surface area contributed by atoms with Gasteiger partial charge >= 0.3 is 0 Å². The van der Waals surface area contributed by atoms with Gasteiger partial charge in [0, 0.05) is 56.3 Å². The Bertz CT molecular complexity index is 636. The molecule has 3 atom stereocenters. The van der Waals surface area contributed by atoms with Gasteiger partial charge in [-0.15, -0.1) is 0 Å². The average Bonchev–Trinajstić information content (AvgIpc) is 2.96. The third kappa shape index (κ3) is 5.31. The van der Waals surface area contributed by atoms with E-state index in [2.05, 4.69) is 22.7 Å². The van der Waals surface area contributed by atoms with Crippen LogP contribution in [0.3, 0.4) is 0 Å². The van der Waals surface area contributed by atoms with Crippen LogP contribution in [0, 0.1) is 0 Å². The number of aromatic nitrogens is 2. The Labute approximate surface area is 161 Å². The van der Waals surface area contributed by atoms with Gasteiger partial charge in [0.15, 0.2) is 0 Å². The highest BCUT2D eigenvalue weighted by Gasteiger charge is 2.32. The summed E-state index contributed by atoms with van der Waals surface area (Å²) < 4.78 is 1.87. The molecule has 7 heteroatoms. The standard InChI is InChI=1S/C20H33N5O2/c1-3-25-14-16(13-21-25)20-17(8-9-18(26)23-20)22-15(2)12-19(27)24-10-6-4-5-7-11-24/h13-15,17,20,22H,3-12H2,1-2H3,(H,23,26)/t15?,17-,20+/m1/s1. The van der Waals surface area contributed by atoms with E-state index < -0.39 is 0 Å². The van der Waals surface area contributed by atoms with Crippen molar-refractivity contribution in [3.8, 4) is 0 Å². The predicted octanol–water partition coefficient (Wildman–Crippen LogP) is 1.99. The maximum absolute atomic E-state index is 12.7. The Kier molecular flexibility index (Phi) is 6.88. The van der Waals surface area contributed by atoms with Crippen molar-refractivity contribution in [2.75, 3.05) is 13.1 Å². The van der Waals surface area contributed by atoms with E-state index in [0.717, 1.165) is 44.5 Å². The Balaban J connectivity index is 1.59. The van der Waals surface area contributed by atoms with Gasteiger partial charge in [-0.25, -0.2) is 0 Å². The second kappa shape index (κ2) is 9.35. The molecule has 27 heavy (non-hydrogen) atoms. The van der Waals surface area contributed by atoms with Crippen LogP contribution in [0.4, 0.5) is 0 Å². The molecule has 1 aromatic rings. The summed E-state index contributed by atoms with van der Waals surface area (Å²) in [7, 11) is 0. The highest BCUT2D eigenvalue weighted by atomic mass is 16.2. The van der Waals surface area contributed by atoms with Gasteiger partial charge in [0.05, 0.1) is 12.2 Å². The molecule has 0 aliphatic carbocycles. The van der Waals surface area contributed by atoms with Crippen molar-refractivity contribution >= 4 is 11.8 Å². The molecule has 150 valence electrons. The Morgan fingerprint density at radius 1 is 1.33 bits per heavy atom. The quantitative estimate of drug-likeness (QED) is 0.797. The number of likely N-dealkylation sites (tertiary alicyclic amines) is 1. The summed E-state index contributed by atoms with van der Waals surface area (Å²) in [6, 6.07) is 0.0934. The largest absolute Gasteiger partial charge is 0.348 e. The average molecular weight is 376 g/mol. The minimum atomic E-state index is -0.0951. The van der Waals surface area contributed by atoms with Crippen LogP contribution < -0.4 is 10.6 Å². The molecule has 2 aliphatic rings. The molecule has 1 aromatic heterocycles. The molecular formula is C20H33N5O2. The predicted molar refractivity (Wildman–Crippen MR) is 104 cm³/mol. The Morgan fingerprint density at radius 2 is 2.07 bits per heavy atom. The van der Waals surface area contributed by atoms with Gasteiger partial charge < -0.3 is 15.5 Å². The molecule has 2 aliphatic heterocycles. The number of piperidine rings is 1. The molecule has 2 fully saturated rings. The number of nitrogens with one attached hydrogen (secondary N) is 2. The van der Waals surface area contributed by atoms with Crippen LogP contribution in [-0.2, 0) is 16.1 Å². The molecular weight excluding hydrogens is 342 g/mol. The normalized spacial score (nSPS) is 25.0. The minimum Gasteiger partial charge on any atom is -0.348 e. The SMILES string of the molecule is CCn1cc([C@@H]2NC(=O)CC[C@H]2NC(C)CC(=O)N2CCCCCC2)cn1. The molecule has 0 aromatic carbocycles. The van der Waals surface area contributed by atoms with Crippen LogP contribution in [0.15, 0.2) is 12.4 Å². The van der Waals surface area contributed by atoms with E-state index in [1.54, 1.807) is 0 Å². The summed E-state index contributed by atoms with van der Waals surface area (Å²) in [5.74, 6) is 0.322. The van der Waals surface area contributed by atoms with Gasteiger partial charge in [-0.3, -0.25) is 14.3 Å². The van der Waals surface area contributed by atoms with Crippen LogP contribution >= 0.6 is 0 Å².